The highest BCUT2D eigenvalue weighted by Crippen LogP contribution is 1.93. The number of H-pyrrole nitrogens is 1. The zero-order valence-electron chi connectivity index (χ0n) is 11.8. The zero-order chi connectivity index (χ0) is 13.6. The first-order valence-corrected chi connectivity index (χ1v) is 7.41. The molecule has 0 atom stereocenters. The normalized spacial score (nSPS) is 22.6. The lowest BCUT2D eigenvalue weighted by Crippen LogP contribution is -3.27. The predicted octanol–water partition coefficient (Wildman–Crippen LogP) is -1.62. The van der Waals surface area contributed by atoms with Gasteiger partial charge in [-0.1, -0.05) is 0 Å². The van der Waals surface area contributed by atoms with Crippen molar-refractivity contribution < 1.29 is 14.8 Å². The van der Waals surface area contributed by atoms with Crippen LogP contribution in [0.3, 0.4) is 0 Å². The first-order chi connectivity index (χ1) is 9.90. The molecule has 1 aliphatic rings. The van der Waals surface area contributed by atoms with Gasteiger partial charge in [-0.15, -0.1) is 0 Å². The van der Waals surface area contributed by atoms with Crippen molar-refractivity contribution in [3.05, 3.63) is 60.2 Å². The van der Waals surface area contributed by atoms with Crippen molar-refractivity contribution >= 4 is 0 Å². The van der Waals surface area contributed by atoms with Crippen LogP contribution in [0.2, 0.25) is 0 Å². The van der Waals surface area contributed by atoms with Crippen LogP contribution in [0, 0.1) is 0 Å². The largest absolute Gasteiger partial charge is 0.322 e. The topological polar surface area (TPSA) is 35.9 Å². The van der Waals surface area contributed by atoms with E-state index in [9.17, 15) is 0 Å². The van der Waals surface area contributed by atoms with Gasteiger partial charge in [-0.2, -0.15) is 0 Å². The number of rotatable bonds is 4. The predicted molar refractivity (Wildman–Crippen MR) is 76.0 cm³/mol. The highest BCUT2D eigenvalue weighted by Gasteiger charge is 2.23. The standard InChI is InChI=1S/C16H20N4/c1-2-16(12-18-5-1)14-20-10-8-19(9-11-20)13-15-3-6-17-7-4-15/h1-7,12H,8-11,13-14H2/p+3. The molecular formula is C16H23N4+3. The van der Waals surface area contributed by atoms with E-state index in [4.69, 9.17) is 0 Å². The van der Waals surface area contributed by atoms with Gasteiger partial charge in [-0.3, -0.25) is 4.98 Å². The number of aromatic nitrogens is 2. The molecule has 1 aliphatic heterocycles. The zero-order valence-corrected chi connectivity index (χ0v) is 11.8. The summed E-state index contributed by atoms with van der Waals surface area (Å²) in [5.41, 5.74) is 2.80. The Hall–Kier alpha value is -1.78. The summed E-state index contributed by atoms with van der Waals surface area (Å²) in [5, 5.41) is 0. The fraction of sp³-hybridized carbons (Fsp3) is 0.375. The van der Waals surface area contributed by atoms with Crippen molar-refractivity contribution in [1.29, 1.82) is 0 Å². The van der Waals surface area contributed by atoms with E-state index in [0.29, 0.717) is 0 Å². The maximum absolute atomic E-state index is 4.08. The summed E-state index contributed by atoms with van der Waals surface area (Å²) in [6.07, 6.45) is 7.86. The molecule has 0 unspecified atom stereocenters. The molecule has 3 rings (SSSR count). The Morgan fingerprint density at radius 2 is 1.55 bits per heavy atom. The Labute approximate surface area is 120 Å². The third kappa shape index (κ3) is 3.62. The number of nitrogens with zero attached hydrogens (tertiary/aromatic N) is 1. The van der Waals surface area contributed by atoms with Crippen LogP contribution in [0.4, 0.5) is 0 Å². The van der Waals surface area contributed by atoms with E-state index < -0.39 is 0 Å². The van der Waals surface area contributed by atoms with Gasteiger partial charge in [-0.05, 0) is 18.2 Å². The Balaban J connectivity index is 1.47. The highest BCUT2D eigenvalue weighted by molar-refractivity contribution is 5.07. The van der Waals surface area contributed by atoms with Gasteiger partial charge >= 0.3 is 0 Å². The molecule has 20 heavy (non-hydrogen) atoms. The third-order valence-corrected chi connectivity index (χ3v) is 4.09. The van der Waals surface area contributed by atoms with Gasteiger partial charge in [0.15, 0.2) is 12.4 Å². The van der Waals surface area contributed by atoms with Gasteiger partial charge in [0.25, 0.3) is 0 Å². The van der Waals surface area contributed by atoms with Crippen LogP contribution in [0.25, 0.3) is 0 Å². The second-order valence-corrected chi connectivity index (χ2v) is 5.62. The van der Waals surface area contributed by atoms with Crippen molar-refractivity contribution in [3.63, 3.8) is 0 Å². The van der Waals surface area contributed by atoms with Crippen LogP contribution in [-0.4, -0.2) is 31.2 Å². The maximum atomic E-state index is 4.08. The van der Waals surface area contributed by atoms with E-state index >= 15 is 0 Å². The van der Waals surface area contributed by atoms with E-state index in [1.54, 1.807) is 9.80 Å². The molecule has 2 aromatic rings. The molecule has 0 amide bonds. The number of hydrogen-bond acceptors (Lipinski definition) is 1. The fourth-order valence-corrected chi connectivity index (χ4v) is 2.93. The summed E-state index contributed by atoms with van der Waals surface area (Å²) >= 11 is 0. The Kier molecular flexibility index (Phi) is 4.35. The molecule has 0 aliphatic carbocycles. The molecule has 0 radical (unpaired) electrons. The van der Waals surface area contributed by atoms with Crippen LogP contribution in [0.5, 0.6) is 0 Å². The number of quaternary nitrogens is 2. The minimum absolute atomic E-state index is 1.13. The van der Waals surface area contributed by atoms with E-state index in [1.165, 1.54) is 37.3 Å². The molecule has 104 valence electrons. The van der Waals surface area contributed by atoms with E-state index in [-0.39, 0.29) is 0 Å². The van der Waals surface area contributed by atoms with Gasteiger partial charge < -0.3 is 9.80 Å². The first-order valence-electron chi connectivity index (χ1n) is 7.41. The number of aromatic amines is 1. The molecule has 0 bridgehead atoms. The van der Waals surface area contributed by atoms with Crippen molar-refractivity contribution in [2.45, 2.75) is 13.1 Å². The Morgan fingerprint density at radius 3 is 2.15 bits per heavy atom. The SMILES string of the molecule is c1c[nH+]cc(C[NH+]2CC[NH+](Cc3ccncc3)CC2)c1. The van der Waals surface area contributed by atoms with Crippen LogP contribution in [0.15, 0.2) is 49.1 Å². The molecule has 2 aromatic heterocycles. The number of hydrogen-bond donors (Lipinski definition) is 2. The second-order valence-electron chi connectivity index (χ2n) is 5.62. The Bertz CT molecular complexity index is 457. The summed E-state index contributed by atoms with van der Waals surface area (Å²) in [7, 11) is 0. The summed E-state index contributed by atoms with van der Waals surface area (Å²) in [6, 6.07) is 8.55. The van der Waals surface area contributed by atoms with Crippen molar-refractivity contribution in [1.82, 2.24) is 4.98 Å². The quantitative estimate of drug-likeness (QED) is 0.689. The fourth-order valence-electron chi connectivity index (χ4n) is 2.93. The van der Waals surface area contributed by atoms with Crippen LogP contribution in [-0.2, 0) is 13.1 Å². The van der Waals surface area contributed by atoms with E-state index in [1.807, 2.05) is 18.6 Å². The average molecular weight is 271 g/mol. The molecule has 0 aromatic carbocycles. The number of nitrogens with one attached hydrogen (secondary N) is 3. The minimum Gasteiger partial charge on any atom is -0.322 e. The van der Waals surface area contributed by atoms with E-state index in [0.717, 1.165) is 13.1 Å². The summed E-state index contributed by atoms with van der Waals surface area (Å²) in [6.45, 7) is 7.31. The highest BCUT2D eigenvalue weighted by atomic mass is 15.3. The van der Waals surface area contributed by atoms with Crippen LogP contribution < -0.4 is 14.8 Å². The molecule has 4 nitrogen and oxygen atoms in total. The first kappa shape index (κ1) is 13.2. The maximum Gasteiger partial charge on any atom is 0.175 e. The van der Waals surface area contributed by atoms with Gasteiger partial charge in [0.1, 0.15) is 39.3 Å². The van der Waals surface area contributed by atoms with Gasteiger partial charge in [-0.25, -0.2) is 4.98 Å². The molecule has 3 N–H and O–H groups in total. The lowest BCUT2D eigenvalue weighted by Gasteiger charge is -2.29. The summed E-state index contributed by atoms with van der Waals surface area (Å²) in [5.74, 6) is 0. The van der Waals surface area contributed by atoms with Crippen molar-refractivity contribution in [2.24, 2.45) is 0 Å². The van der Waals surface area contributed by atoms with Crippen molar-refractivity contribution in [2.75, 3.05) is 26.2 Å². The second kappa shape index (κ2) is 6.59. The number of piperazine rings is 1. The monoisotopic (exact) mass is 271 g/mol. The average Bonchev–Trinajstić information content (AvgIpc) is 2.51. The van der Waals surface area contributed by atoms with Gasteiger partial charge in [0, 0.05) is 24.0 Å². The summed E-state index contributed by atoms with van der Waals surface area (Å²) in [4.78, 5) is 10.6. The molecule has 1 saturated heterocycles. The van der Waals surface area contributed by atoms with Crippen LogP contribution in [0.1, 0.15) is 11.1 Å². The molecule has 3 heterocycles. The summed E-state index contributed by atoms with van der Waals surface area (Å²) < 4.78 is 0. The molecule has 0 saturated carbocycles. The van der Waals surface area contributed by atoms with Crippen LogP contribution >= 0.6 is 0 Å². The van der Waals surface area contributed by atoms with Crippen molar-refractivity contribution in [3.8, 4) is 0 Å². The van der Waals surface area contributed by atoms with Gasteiger partial charge in [0.2, 0.25) is 0 Å². The molecule has 1 fully saturated rings. The number of pyridine rings is 2. The lowest BCUT2D eigenvalue weighted by atomic mass is 10.2. The molecule has 4 heteroatoms. The molecule has 0 spiro atoms. The Morgan fingerprint density at radius 1 is 0.900 bits per heavy atom. The smallest absolute Gasteiger partial charge is 0.175 e. The lowest BCUT2D eigenvalue weighted by molar-refractivity contribution is -1.02. The molecular weight excluding hydrogens is 248 g/mol. The van der Waals surface area contributed by atoms with E-state index in [2.05, 4.69) is 40.4 Å². The van der Waals surface area contributed by atoms with Gasteiger partial charge in [0.05, 0.1) is 5.56 Å². The minimum atomic E-state index is 1.13. The third-order valence-electron chi connectivity index (χ3n) is 4.09.